The van der Waals surface area contributed by atoms with Gasteiger partial charge in [0.05, 0.1) is 23.1 Å². The summed E-state index contributed by atoms with van der Waals surface area (Å²) in [6.45, 7) is 2.39. The minimum Gasteiger partial charge on any atom is -0.497 e. The van der Waals surface area contributed by atoms with Crippen LogP contribution in [-0.2, 0) is 12.3 Å². The highest BCUT2D eigenvalue weighted by Gasteiger charge is 2.35. The maximum Gasteiger partial charge on any atom is 0.264 e. The smallest absolute Gasteiger partial charge is 0.264 e. The second-order valence-corrected chi connectivity index (χ2v) is 9.06. The highest BCUT2D eigenvalue weighted by Crippen LogP contribution is 2.34. The van der Waals surface area contributed by atoms with E-state index >= 15 is 0 Å². The normalized spacial score (nSPS) is 13.6. The molecular weight excluding hydrogens is 406 g/mol. The first-order valence-electron chi connectivity index (χ1n) is 9.47. The molecule has 1 aliphatic carbocycles. The molecule has 8 heteroatoms. The number of benzene rings is 1. The van der Waals surface area contributed by atoms with Crippen molar-refractivity contribution in [2.24, 2.45) is 0 Å². The van der Waals surface area contributed by atoms with Gasteiger partial charge in [0.1, 0.15) is 16.4 Å². The Balaban J connectivity index is 1.67. The van der Waals surface area contributed by atoms with Crippen molar-refractivity contribution in [3.8, 4) is 5.75 Å². The number of fused-ring (bicyclic) bond motifs is 1. The van der Waals surface area contributed by atoms with Gasteiger partial charge in [0, 0.05) is 12.6 Å². The van der Waals surface area contributed by atoms with Gasteiger partial charge in [-0.25, -0.2) is 4.98 Å². The molecule has 0 spiro atoms. The number of nitrogens with one attached hydrogen (secondary N) is 1. The summed E-state index contributed by atoms with van der Waals surface area (Å²) < 4.78 is 5.22. The first kappa shape index (κ1) is 20.0. The molecule has 152 valence electrons. The lowest BCUT2D eigenvalue weighted by molar-refractivity contribution is 0.0734. The Hall–Kier alpha value is -2.32. The van der Waals surface area contributed by atoms with Gasteiger partial charge in [-0.2, -0.15) is 11.8 Å². The maximum absolute atomic E-state index is 13.4. The number of aromatic amines is 1. The van der Waals surface area contributed by atoms with Gasteiger partial charge in [-0.3, -0.25) is 9.59 Å². The van der Waals surface area contributed by atoms with Crippen molar-refractivity contribution in [2.45, 2.75) is 38.1 Å². The molecule has 1 aromatic carbocycles. The van der Waals surface area contributed by atoms with E-state index < -0.39 is 0 Å². The van der Waals surface area contributed by atoms with Gasteiger partial charge in [0.25, 0.3) is 11.5 Å². The molecule has 0 unspecified atom stereocenters. The lowest BCUT2D eigenvalue weighted by Crippen LogP contribution is -2.32. The number of aromatic nitrogens is 2. The number of hydrogen-bond acceptors (Lipinski definition) is 6. The number of rotatable bonds is 7. The quantitative estimate of drug-likeness (QED) is 0.615. The SMILES string of the molecule is COc1ccc(CN(C(=O)c2sc3nc(CSC)[nH]c(=O)c3c2C)C2CC2)cc1. The van der Waals surface area contributed by atoms with Gasteiger partial charge in [-0.05, 0) is 49.3 Å². The fraction of sp³-hybridized carbons (Fsp3) is 0.381. The molecule has 1 amide bonds. The number of amides is 1. The second kappa shape index (κ2) is 8.20. The number of aryl methyl sites for hydroxylation is 1. The topological polar surface area (TPSA) is 75.3 Å². The molecule has 0 radical (unpaired) electrons. The molecule has 0 saturated heterocycles. The molecule has 1 saturated carbocycles. The van der Waals surface area contributed by atoms with Crippen LogP contribution >= 0.6 is 23.1 Å². The van der Waals surface area contributed by atoms with Gasteiger partial charge >= 0.3 is 0 Å². The summed E-state index contributed by atoms with van der Waals surface area (Å²) in [6.07, 6.45) is 4.00. The highest BCUT2D eigenvalue weighted by atomic mass is 32.2. The summed E-state index contributed by atoms with van der Waals surface area (Å²) in [6, 6.07) is 8.05. The fourth-order valence-corrected chi connectivity index (χ4v) is 4.98. The predicted molar refractivity (Wildman–Crippen MR) is 118 cm³/mol. The summed E-state index contributed by atoms with van der Waals surface area (Å²) in [5.41, 5.74) is 1.61. The van der Waals surface area contributed by atoms with Crippen LogP contribution in [0, 0.1) is 6.92 Å². The molecular formula is C21H23N3O3S2. The van der Waals surface area contributed by atoms with E-state index in [1.807, 2.05) is 42.3 Å². The van der Waals surface area contributed by atoms with Crippen molar-refractivity contribution in [1.29, 1.82) is 0 Å². The Morgan fingerprint density at radius 2 is 2.07 bits per heavy atom. The third kappa shape index (κ3) is 4.04. The number of carbonyl (C=O) groups excluding carboxylic acids is 1. The van der Waals surface area contributed by atoms with Crippen molar-refractivity contribution >= 4 is 39.2 Å². The summed E-state index contributed by atoms with van der Waals surface area (Å²) in [7, 11) is 1.64. The number of hydrogen-bond donors (Lipinski definition) is 1. The van der Waals surface area contributed by atoms with E-state index in [0.717, 1.165) is 29.7 Å². The molecule has 1 N–H and O–H groups in total. The zero-order valence-electron chi connectivity index (χ0n) is 16.7. The van der Waals surface area contributed by atoms with Crippen LogP contribution < -0.4 is 10.3 Å². The van der Waals surface area contributed by atoms with Gasteiger partial charge in [-0.15, -0.1) is 11.3 Å². The highest BCUT2D eigenvalue weighted by molar-refractivity contribution is 7.97. The molecule has 3 aromatic rings. The van der Waals surface area contributed by atoms with Crippen molar-refractivity contribution in [2.75, 3.05) is 13.4 Å². The monoisotopic (exact) mass is 429 g/mol. The molecule has 4 rings (SSSR count). The Bertz CT molecular complexity index is 1100. The van der Waals surface area contributed by atoms with Crippen molar-refractivity contribution in [3.05, 3.63) is 56.4 Å². The van der Waals surface area contributed by atoms with Crippen LogP contribution in [-0.4, -0.2) is 40.2 Å². The average Bonchev–Trinajstić information content (AvgIpc) is 3.49. The van der Waals surface area contributed by atoms with E-state index in [0.29, 0.717) is 33.2 Å². The number of thiophene rings is 1. The number of thioether (sulfide) groups is 1. The Labute approximate surface area is 177 Å². The molecule has 0 atom stereocenters. The van der Waals surface area contributed by atoms with Crippen LogP contribution in [0.4, 0.5) is 0 Å². The van der Waals surface area contributed by atoms with Gasteiger partial charge in [0.2, 0.25) is 0 Å². The van der Waals surface area contributed by atoms with Gasteiger partial charge in [0.15, 0.2) is 0 Å². The van der Waals surface area contributed by atoms with Crippen LogP contribution in [0.15, 0.2) is 29.1 Å². The van der Waals surface area contributed by atoms with E-state index in [9.17, 15) is 9.59 Å². The Morgan fingerprint density at radius 1 is 1.34 bits per heavy atom. The molecule has 1 fully saturated rings. The molecule has 2 aromatic heterocycles. The molecule has 1 aliphatic rings. The molecule has 0 aliphatic heterocycles. The Kier molecular flexibility index (Phi) is 5.65. The molecule has 6 nitrogen and oxygen atoms in total. The minimum atomic E-state index is -0.167. The van der Waals surface area contributed by atoms with E-state index in [1.165, 1.54) is 11.3 Å². The van der Waals surface area contributed by atoms with Crippen molar-refractivity contribution in [1.82, 2.24) is 14.9 Å². The largest absolute Gasteiger partial charge is 0.497 e. The third-order valence-electron chi connectivity index (χ3n) is 5.09. The lowest BCUT2D eigenvalue weighted by atomic mass is 10.1. The standard InChI is InChI=1S/C21H23N3O3S2/c1-12-17-19(25)22-16(11-28-3)23-20(17)29-18(12)21(26)24(14-6-7-14)10-13-4-8-15(27-2)9-5-13/h4-5,8-9,14H,6-7,10-11H2,1-3H3,(H,22,23,25). The molecule has 29 heavy (non-hydrogen) atoms. The van der Waals surface area contributed by atoms with Crippen LogP contribution in [0.3, 0.4) is 0 Å². The molecule has 2 heterocycles. The summed E-state index contributed by atoms with van der Waals surface area (Å²) >= 11 is 2.92. The van der Waals surface area contributed by atoms with E-state index in [1.54, 1.807) is 18.9 Å². The fourth-order valence-electron chi connectivity index (χ4n) is 3.41. The van der Waals surface area contributed by atoms with Crippen LogP contribution in [0.5, 0.6) is 5.75 Å². The predicted octanol–water partition coefficient (Wildman–Crippen LogP) is 3.97. The van der Waals surface area contributed by atoms with Gasteiger partial charge in [-0.1, -0.05) is 12.1 Å². The van der Waals surface area contributed by atoms with E-state index in [-0.39, 0.29) is 17.5 Å². The first-order chi connectivity index (χ1) is 14.0. The number of nitrogens with zero attached hydrogens (tertiary/aromatic N) is 2. The van der Waals surface area contributed by atoms with Crippen LogP contribution in [0.25, 0.3) is 10.2 Å². The number of methoxy groups -OCH3 is 1. The minimum absolute atomic E-state index is 0.0189. The first-order valence-corrected chi connectivity index (χ1v) is 11.7. The summed E-state index contributed by atoms with van der Waals surface area (Å²) in [4.78, 5) is 36.6. The summed E-state index contributed by atoms with van der Waals surface area (Å²) in [5.74, 6) is 2.06. The third-order valence-corrected chi connectivity index (χ3v) is 6.82. The lowest BCUT2D eigenvalue weighted by Gasteiger charge is -2.22. The van der Waals surface area contributed by atoms with Crippen molar-refractivity contribution < 1.29 is 9.53 Å². The number of H-pyrrole nitrogens is 1. The zero-order chi connectivity index (χ0) is 20.5. The second-order valence-electron chi connectivity index (χ2n) is 7.19. The van der Waals surface area contributed by atoms with Crippen LogP contribution in [0.1, 0.15) is 39.5 Å². The van der Waals surface area contributed by atoms with E-state index in [4.69, 9.17) is 4.74 Å². The number of carbonyl (C=O) groups is 1. The average molecular weight is 430 g/mol. The maximum atomic E-state index is 13.4. The Morgan fingerprint density at radius 3 is 2.69 bits per heavy atom. The number of ether oxygens (including phenoxy) is 1. The van der Waals surface area contributed by atoms with Gasteiger partial charge < -0.3 is 14.6 Å². The van der Waals surface area contributed by atoms with Crippen LogP contribution in [0.2, 0.25) is 0 Å². The zero-order valence-corrected chi connectivity index (χ0v) is 18.3. The molecule has 0 bridgehead atoms. The van der Waals surface area contributed by atoms with E-state index in [2.05, 4.69) is 9.97 Å². The van der Waals surface area contributed by atoms with Crippen molar-refractivity contribution in [3.63, 3.8) is 0 Å². The summed E-state index contributed by atoms with van der Waals surface area (Å²) in [5, 5.41) is 0.531.